The maximum Gasteiger partial charge on any atom is 0.474 e. The molecule has 94 valence electrons. The van der Waals surface area contributed by atoms with Crippen molar-refractivity contribution in [1.82, 2.24) is 4.98 Å². The first-order chi connectivity index (χ1) is 9.16. The first-order valence-corrected chi connectivity index (χ1v) is 6.33. The van der Waals surface area contributed by atoms with Crippen molar-refractivity contribution in [3.8, 4) is 0 Å². The first kappa shape index (κ1) is 12.5. The van der Waals surface area contributed by atoms with Crippen molar-refractivity contribution in [2.24, 2.45) is 5.10 Å². The molecule has 0 aliphatic carbocycles. The first-order valence-electron chi connectivity index (χ1n) is 5.58. The van der Waals surface area contributed by atoms with E-state index in [2.05, 4.69) is 10.1 Å². The van der Waals surface area contributed by atoms with Gasteiger partial charge in [0.05, 0.1) is 6.21 Å². The molecule has 0 spiro atoms. The Labute approximate surface area is 120 Å². The lowest BCUT2D eigenvalue weighted by Gasteiger charge is -2.26. The lowest BCUT2D eigenvalue weighted by atomic mass is 9.70. The summed E-state index contributed by atoms with van der Waals surface area (Å²) in [7, 11) is -0.986. The smallest absolute Gasteiger partial charge is 0.427 e. The third kappa shape index (κ3) is 2.21. The molecule has 2 heterocycles. The van der Waals surface area contributed by atoms with E-state index < -0.39 is 7.05 Å². The van der Waals surface area contributed by atoms with Gasteiger partial charge in [-0.1, -0.05) is 29.3 Å². The van der Waals surface area contributed by atoms with Crippen LogP contribution in [-0.4, -0.2) is 23.3 Å². The van der Waals surface area contributed by atoms with Gasteiger partial charge < -0.3 is 5.02 Å². The highest BCUT2D eigenvalue weighted by Gasteiger charge is 2.32. The zero-order chi connectivity index (χ0) is 13.4. The molecule has 2 aromatic rings. The second-order valence-electron chi connectivity index (χ2n) is 4.05. The van der Waals surface area contributed by atoms with Gasteiger partial charge >= 0.3 is 7.05 Å². The summed E-state index contributed by atoms with van der Waals surface area (Å²) in [5.41, 5.74) is 1.98. The molecule has 0 fully saturated rings. The van der Waals surface area contributed by atoms with Crippen LogP contribution >= 0.6 is 23.2 Å². The van der Waals surface area contributed by atoms with Crippen molar-refractivity contribution in [2.45, 2.75) is 0 Å². The van der Waals surface area contributed by atoms with E-state index in [0.29, 0.717) is 16.2 Å². The molecular formula is C12H8BCl2N3O. The van der Waals surface area contributed by atoms with Gasteiger partial charge in [0.25, 0.3) is 0 Å². The van der Waals surface area contributed by atoms with E-state index in [-0.39, 0.29) is 5.15 Å². The fraction of sp³-hybridized carbons (Fsp3) is 0. The summed E-state index contributed by atoms with van der Waals surface area (Å²) in [4.78, 5) is 5.43. The van der Waals surface area contributed by atoms with Crippen molar-refractivity contribution in [2.75, 3.05) is 4.92 Å². The molecule has 1 aromatic heterocycles. The van der Waals surface area contributed by atoms with Crippen LogP contribution < -0.4 is 10.4 Å². The number of hydrogen-bond acceptors (Lipinski definition) is 4. The minimum Gasteiger partial charge on any atom is -0.427 e. The quantitative estimate of drug-likeness (QED) is 0.645. The van der Waals surface area contributed by atoms with Gasteiger partial charge in [-0.15, -0.1) is 0 Å². The number of halogens is 2. The summed E-state index contributed by atoms with van der Waals surface area (Å²) < 4.78 is 0. The van der Waals surface area contributed by atoms with Crippen LogP contribution in [0.1, 0.15) is 5.56 Å². The molecule has 0 bridgehead atoms. The zero-order valence-electron chi connectivity index (χ0n) is 9.66. The van der Waals surface area contributed by atoms with Crippen LogP contribution in [0.3, 0.4) is 0 Å². The number of anilines is 1. The van der Waals surface area contributed by atoms with E-state index in [4.69, 9.17) is 23.2 Å². The zero-order valence-corrected chi connectivity index (χ0v) is 11.2. The molecular weight excluding hydrogens is 284 g/mol. The van der Waals surface area contributed by atoms with Crippen molar-refractivity contribution in [1.29, 1.82) is 0 Å². The van der Waals surface area contributed by atoms with Gasteiger partial charge in [-0.2, -0.15) is 5.10 Å². The Bertz CT molecular complexity index is 665. The standard InChI is InChI=1S/C12H8BCl2N3O/c14-9-2-1-3-10(6-9)18-13(19)11-8(7-17-18)4-5-16-12(11)15/h1-7,19H. The molecule has 1 N–H and O–H groups in total. The molecule has 0 saturated heterocycles. The molecule has 0 radical (unpaired) electrons. The third-order valence-electron chi connectivity index (χ3n) is 2.86. The normalized spacial score (nSPS) is 13.6. The lowest BCUT2D eigenvalue weighted by molar-refractivity contribution is 0.578. The van der Waals surface area contributed by atoms with Gasteiger partial charge in [-0.25, -0.2) is 4.98 Å². The van der Waals surface area contributed by atoms with Gasteiger partial charge in [-0.3, -0.25) is 4.92 Å². The number of nitrogens with zero attached hydrogens (tertiary/aromatic N) is 3. The monoisotopic (exact) mass is 291 g/mol. The molecule has 1 aliphatic heterocycles. The minimum atomic E-state index is -0.986. The number of rotatable bonds is 1. The Kier molecular flexibility index (Phi) is 3.18. The molecule has 1 aliphatic rings. The Morgan fingerprint density at radius 3 is 2.84 bits per heavy atom. The Balaban J connectivity index is 2.07. The number of benzene rings is 1. The average Bonchev–Trinajstić information content (AvgIpc) is 2.39. The summed E-state index contributed by atoms with van der Waals surface area (Å²) in [6, 6.07) is 8.83. The second kappa shape index (κ2) is 4.85. The Morgan fingerprint density at radius 2 is 2.05 bits per heavy atom. The van der Waals surface area contributed by atoms with Crippen molar-refractivity contribution in [3.63, 3.8) is 0 Å². The topological polar surface area (TPSA) is 48.7 Å². The number of hydrazone groups is 1. The molecule has 19 heavy (non-hydrogen) atoms. The van der Waals surface area contributed by atoms with E-state index in [1.807, 2.05) is 6.07 Å². The van der Waals surface area contributed by atoms with Gasteiger partial charge in [-0.05, 0) is 29.8 Å². The van der Waals surface area contributed by atoms with Crippen LogP contribution in [0.25, 0.3) is 0 Å². The minimum absolute atomic E-state index is 0.267. The van der Waals surface area contributed by atoms with Gasteiger partial charge in [0.1, 0.15) is 5.15 Å². The highest BCUT2D eigenvalue weighted by molar-refractivity contribution is 6.74. The molecule has 0 unspecified atom stereocenters. The van der Waals surface area contributed by atoms with Crippen LogP contribution in [0.5, 0.6) is 0 Å². The molecule has 0 amide bonds. The maximum atomic E-state index is 10.4. The van der Waals surface area contributed by atoms with E-state index in [9.17, 15) is 5.02 Å². The lowest BCUT2D eigenvalue weighted by Crippen LogP contribution is -2.51. The molecule has 4 nitrogen and oxygen atoms in total. The van der Waals surface area contributed by atoms with Gasteiger partial charge in [0.2, 0.25) is 0 Å². The van der Waals surface area contributed by atoms with E-state index in [1.54, 1.807) is 36.7 Å². The maximum absolute atomic E-state index is 10.4. The van der Waals surface area contributed by atoms with Crippen LogP contribution in [0.4, 0.5) is 5.69 Å². The number of hydrogen-bond donors (Lipinski definition) is 1. The molecule has 0 atom stereocenters. The van der Waals surface area contributed by atoms with Crippen LogP contribution in [0.2, 0.25) is 10.2 Å². The predicted molar refractivity (Wildman–Crippen MR) is 78.4 cm³/mol. The summed E-state index contributed by atoms with van der Waals surface area (Å²) in [6.07, 6.45) is 3.21. The number of fused-ring (bicyclic) bond motifs is 1. The third-order valence-corrected chi connectivity index (χ3v) is 3.40. The van der Waals surface area contributed by atoms with Crippen LogP contribution in [0.15, 0.2) is 41.6 Å². The van der Waals surface area contributed by atoms with Gasteiger partial charge in [0, 0.05) is 22.4 Å². The molecule has 1 aromatic carbocycles. The van der Waals surface area contributed by atoms with E-state index >= 15 is 0 Å². The number of aromatic nitrogens is 1. The summed E-state index contributed by atoms with van der Waals surface area (Å²) >= 11 is 12.0. The van der Waals surface area contributed by atoms with Crippen LogP contribution in [0, 0.1) is 0 Å². The summed E-state index contributed by atoms with van der Waals surface area (Å²) in [5.74, 6) is 0. The SMILES string of the molecule is OB1c2c(ccnc2Cl)C=NN1c1cccc(Cl)c1. The fourth-order valence-corrected chi connectivity index (χ4v) is 2.41. The number of pyridine rings is 1. The highest BCUT2D eigenvalue weighted by Crippen LogP contribution is 2.22. The fourth-order valence-electron chi connectivity index (χ4n) is 1.97. The summed E-state index contributed by atoms with van der Waals surface area (Å²) in [5, 5.41) is 15.4. The Morgan fingerprint density at radius 1 is 1.21 bits per heavy atom. The average molecular weight is 292 g/mol. The summed E-state index contributed by atoms with van der Waals surface area (Å²) in [6.45, 7) is 0. The van der Waals surface area contributed by atoms with Crippen molar-refractivity contribution < 1.29 is 5.02 Å². The molecule has 3 rings (SSSR count). The van der Waals surface area contributed by atoms with E-state index in [0.717, 1.165) is 5.56 Å². The van der Waals surface area contributed by atoms with Crippen molar-refractivity contribution >= 4 is 47.6 Å². The second-order valence-corrected chi connectivity index (χ2v) is 4.84. The Hall–Kier alpha value is -1.56. The van der Waals surface area contributed by atoms with Crippen molar-refractivity contribution in [3.05, 3.63) is 52.3 Å². The predicted octanol–water partition coefficient (Wildman–Crippen LogP) is 1.93. The van der Waals surface area contributed by atoms with E-state index in [1.165, 1.54) is 4.92 Å². The molecule has 0 saturated carbocycles. The largest absolute Gasteiger partial charge is 0.474 e. The highest BCUT2D eigenvalue weighted by atomic mass is 35.5. The van der Waals surface area contributed by atoms with Crippen LogP contribution in [-0.2, 0) is 0 Å². The van der Waals surface area contributed by atoms with Gasteiger partial charge in [0.15, 0.2) is 0 Å². The molecule has 7 heteroatoms.